The zero-order valence-corrected chi connectivity index (χ0v) is 10.4. The first kappa shape index (κ1) is 12.3. The number of hydrogen-bond donors (Lipinski definition) is 1. The van der Waals surface area contributed by atoms with E-state index in [9.17, 15) is 4.79 Å². The van der Waals surface area contributed by atoms with Crippen molar-refractivity contribution >= 4 is 17.5 Å². The Labute approximate surface area is 105 Å². The van der Waals surface area contributed by atoms with Gasteiger partial charge in [0, 0.05) is 25.0 Å². The minimum atomic E-state index is -0.141. The summed E-state index contributed by atoms with van der Waals surface area (Å²) in [4.78, 5) is 15.7. The number of nitrogens with one attached hydrogen (secondary N) is 1. The van der Waals surface area contributed by atoms with Gasteiger partial charge in [0.1, 0.15) is 0 Å². The zero-order chi connectivity index (χ0) is 12.3. The number of carbonyl (C=O) groups excluding carboxylic acids is 1. The number of nitrogens with zero attached hydrogens (tertiary/aromatic N) is 1. The molecule has 92 valence electrons. The van der Waals surface area contributed by atoms with E-state index in [1.54, 1.807) is 12.3 Å². The highest BCUT2D eigenvalue weighted by atomic mass is 35.5. The van der Waals surface area contributed by atoms with Crippen LogP contribution in [0.5, 0.6) is 0 Å². The molecular formula is C12H15ClN2O2. The summed E-state index contributed by atoms with van der Waals surface area (Å²) in [6, 6.07) is 1.82. The SMILES string of the molecule is CCOC1CC(NC(=O)c2ccncc2Cl)C1. The lowest BCUT2D eigenvalue weighted by Gasteiger charge is -2.35. The van der Waals surface area contributed by atoms with Gasteiger partial charge in [-0.2, -0.15) is 0 Å². The van der Waals surface area contributed by atoms with E-state index in [0.717, 1.165) is 19.4 Å². The average Bonchev–Trinajstić information content (AvgIpc) is 2.26. The number of ether oxygens (including phenoxy) is 1. The Hall–Kier alpha value is -1.13. The van der Waals surface area contributed by atoms with Crippen molar-refractivity contribution in [1.29, 1.82) is 0 Å². The van der Waals surface area contributed by atoms with Crippen LogP contribution < -0.4 is 5.32 Å². The monoisotopic (exact) mass is 254 g/mol. The van der Waals surface area contributed by atoms with Crippen LogP contribution in [0.15, 0.2) is 18.5 Å². The molecular weight excluding hydrogens is 240 g/mol. The lowest BCUT2D eigenvalue weighted by molar-refractivity contribution is -0.00862. The van der Waals surface area contributed by atoms with Crippen LogP contribution in [-0.2, 0) is 4.74 Å². The van der Waals surface area contributed by atoms with Gasteiger partial charge in [-0.05, 0) is 25.8 Å². The molecule has 1 aromatic heterocycles. The van der Waals surface area contributed by atoms with E-state index < -0.39 is 0 Å². The fraction of sp³-hybridized carbons (Fsp3) is 0.500. The summed E-state index contributed by atoms with van der Waals surface area (Å²) in [6.45, 7) is 2.70. The number of pyridine rings is 1. The topological polar surface area (TPSA) is 51.2 Å². The number of carbonyl (C=O) groups is 1. The molecule has 5 heteroatoms. The van der Waals surface area contributed by atoms with Crippen molar-refractivity contribution in [3.05, 3.63) is 29.0 Å². The average molecular weight is 255 g/mol. The van der Waals surface area contributed by atoms with Crippen molar-refractivity contribution in [3.8, 4) is 0 Å². The molecule has 1 aliphatic rings. The number of aromatic nitrogens is 1. The van der Waals surface area contributed by atoms with Crippen LogP contribution in [0.2, 0.25) is 5.02 Å². The third kappa shape index (κ3) is 2.96. The Kier molecular flexibility index (Phi) is 3.97. The second-order valence-corrected chi connectivity index (χ2v) is 4.48. The Morgan fingerprint density at radius 1 is 1.65 bits per heavy atom. The van der Waals surface area contributed by atoms with Crippen molar-refractivity contribution in [2.45, 2.75) is 31.9 Å². The summed E-state index contributed by atoms with van der Waals surface area (Å²) in [7, 11) is 0. The molecule has 0 radical (unpaired) electrons. The van der Waals surface area contributed by atoms with Crippen molar-refractivity contribution in [1.82, 2.24) is 10.3 Å². The highest BCUT2D eigenvalue weighted by Gasteiger charge is 2.31. The Morgan fingerprint density at radius 3 is 3.06 bits per heavy atom. The largest absolute Gasteiger partial charge is 0.378 e. The maximum absolute atomic E-state index is 11.9. The molecule has 0 saturated heterocycles. The molecule has 2 rings (SSSR count). The lowest BCUT2D eigenvalue weighted by Crippen LogP contribution is -2.47. The summed E-state index contributed by atoms with van der Waals surface area (Å²) in [5.74, 6) is -0.141. The molecule has 0 spiro atoms. The van der Waals surface area contributed by atoms with Crippen LogP contribution in [0.1, 0.15) is 30.1 Å². The molecule has 1 aromatic rings. The fourth-order valence-electron chi connectivity index (χ4n) is 1.88. The van der Waals surface area contributed by atoms with E-state index in [-0.39, 0.29) is 11.9 Å². The first-order chi connectivity index (χ1) is 8.20. The van der Waals surface area contributed by atoms with Crippen LogP contribution in [0.4, 0.5) is 0 Å². The smallest absolute Gasteiger partial charge is 0.253 e. The first-order valence-electron chi connectivity index (χ1n) is 5.72. The molecule has 17 heavy (non-hydrogen) atoms. The van der Waals surface area contributed by atoms with Crippen LogP contribution in [0.3, 0.4) is 0 Å². The summed E-state index contributed by atoms with van der Waals surface area (Å²) in [6.07, 6.45) is 5.08. The van der Waals surface area contributed by atoms with Gasteiger partial charge in [-0.15, -0.1) is 0 Å². The summed E-state index contributed by atoms with van der Waals surface area (Å²) in [5.41, 5.74) is 0.474. The van der Waals surface area contributed by atoms with Gasteiger partial charge < -0.3 is 10.1 Å². The lowest BCUT2D eigenvalue weighted by atomic mass is 9.89. The Bertz CT molecular complexity index is 405. The van der Waals surface area contributed by atoms with Gasteiger partial charge >= 0.3 is 0 Å². The van der Waals surface area contributed by atoms with Gasteiger partial charge in [0.15, 0.2) is 0 Å². The molecule has 1 saturated carbocycles. The van der Waals surface area contributed by atoms with Crippen LogP contribution in [0.25, 0.3) is 0 Å². The van der Waals surface area contributed by atoms with E-state index in [2.05, 4.69) is 10.3 Å². The van der Waals surface area contributed by atoms with Gasteiger partial charge in [-0.1, -0.05) is 11.6 Å². The number of hydrogen-bond acceptors (Lipinski definition) is 3. The molecule has 1 aliphatic carbocycles. The van der Waals surface area contributed by atoms with Crippen molar-refractivity contribution in [2.24, 2.45) is 0 Å². The van der Waals surface area contributed by atoms with Gasteiger partial charge in [0.2, 0.25) is 0 Å². The molecule has 4 nitrogen and oxygen atoms in total. The summed E-state index contributed by atoms with van der Waals surface area (Å²) >= 11 is 5.89. The van der Waals surface area contributed by atoms with Crippen molar-refractivity contribution < 1.29 is 9.53 Å². The normalized spacial score (nSPS) is 22.9. The highest BCUT2D eigenvalue weighted by Crippen LogP contribution is 2.24. The highest BCUT2D eigenvalue weighted by molar-refractivity contribution is 6.33. The fourth-order valence-corrected chi connectivity index (χ4v) is 2.08. The quantitative estimate of drug-likeness (QED) is 0.895. The van der Waals surface area contributed by atoms with E-state index in [4.69, 9.17) is 16.3 Å². The van der Waals surface area contributed by atoms with Gasteiger partial charge in [-0.25, -0.2) is 0 Å². The van der Waals surface area contributed by atoms with Crippen LogP contribution in [0, 0.1) is 0 Å². The minimum Gasteiger partial charge on any atom is -0.378 e. The van der Waals surface area contributed by atoms with Crippen LogP contribution in [-0.4, -0.2) is 29.6 Å². The second kappa shape index (κ2) is 5.47. The molecule has 1 fully saturated rings. The zero-order valence-electron chi connectivity index (χ0n) is 9.65. The predicted octanol–water partition coefficient (Wildman–Crippen LogP) is 2.03. The molecule has 0 aromatic carbocycles. The molecule has 1 heterocycles. The third-order valence-electron chi connectivity index (χ3n) is 2.85. The van der Waals surface area contributed by atoms with E-state index in [0.29, 0.717) is 16.7 Å². The Balaban J connectivity index is 1.85. The molecule has 1 N–H and O–H groups in total. The maximum atomic E-state index is 11.9. The molecule has 0 aliphatic heterocycles. The molecule has 0 unspecified atom stereocenters. The van der Waals surface area contributed by atoms with Gasteiger partial charge in [0.25, 0.3) is 5.91 Å². The number of halogens is 1. The molecule has 1 amide bonds. The van der Waals surface area contributed by atoms with E-state index in [1.165, 1.54) is 6.20 Å². The molecule has 0 bridgehead atoms. The minimum absolute atomic E-state index is 0.141. The summed E-state index contributed by atoms with van der Waals surface area (Å²) < 4.78 is 5.43. The summed E-state index contributed by atoms with van der Waals surface area (Å²) in [5, 5.41) is 3.31. The molecule has 0 atom stereocenters. The van der Waals surface area contributed by atoms with Crippen LogP contribution >= 0.6 is 11.6 Å². The first-order valence-corrected chi connectivity index (χ1v) is 6.10. The Morgan fingerprint density at radius 2 is 2.41 bits per heavy atom. The second-order valence-electron chi connectivity index (χ2n) is 4.07. The third-order valence-corrected chi connectivity index (χ3v) is 3.15. The van der Waals surface area contributed by atoms with Gasteiger partial charge in [-0.3, -0.25) is 9.78 Å². The predicted molar refractivity (Wildman–Crippen MR) is 65.1 cm³/mol. The number of amides is 1. The number of rotatable bonds is 4. The van der Waals surface area contributed by atoms with E-state index in [1.807, 2.05) is 6.92 Å². The van der Waals surface area contributed by atoms with E-state index >= 15 is 0 Å². The van der Waals surface area contributed by atoms with Crippen molar-refractivity contribution in [2.75, 3.05) is 6.61 Å². The van der Waals surface area contributed by atoms with Crippen molar-refractivity contribution in [3.63, 3.8) is 0 Å². The standard InChI is InChI=1S/C12H15ClN2O2/c1-2-17-9-5-8(6-9)15-12(16)10-3-4-14-7-11(10)13/h3-4,7-9H,2,5-6H2,1H3,(H,15,16). The maximum Gasteiger partial charge on any atom is 0.253 e. The van der Waals surface area contributed by atoms with Gasteiger partial charge in [0.05, 0.1) is 16.7 Å².